The number of rotatable bonds is 51. The van der Waals surface area contributed by atoms with Gasteiger partial charge in [0.1, 0.15) is 54.1 Å². The maximum atomic E-state index is 14.0. The smallest absolute Gasteiger partial charge is 0.243 e. The normalized spacial score (nSPS) is 13.6. The SMILES string of the molecule is CC(C)C[C@H](NC(=O)CNC(=O)[C@H](C)NC(=O)[C@H](C)NC(=O)[C@H](CCCN=C(N)N)NC(=O)CNC(=O)CCCCNC(=O)CCCCNC(=O)CCCCNC(=O)[C@H](CCCCN)NC(=O)[C@H](Cc1ccc(O)cc1)NC(=O)[C@@H](N)Cc1c[nH]c2ccccc12)C(=O)N[C@@H](C)C(=O)N[C@@H](CO)C(N)=O. The first kappa shape index (κ1) is 88.7. The van der Waals surface area contributed by atoms with Crippen LogP contribution in [0.1, 0.15) is 142 Å². The summed E-state index contributed by atoms with van der Waals surface area (Å²) in [6, 6.07) is 3.22. The highest BCUT2D eigenvalue weighted by molar-refractivity contribution is 5.98. The molecule has 0 aliphatic rings. The number of aromatic hydroxyl groups is 1. The number of aromatic amines is 1. The van der Waals surface area contributed by atoms with Gasteiger partial charge < -0.3 is 113 Å². The molecule has 0 spiro atoms. The van der Waals surface area contributed by atoms with Crippen molar-refractivity contribution in [1.82, 2.24) is 74.1 Å². The topological polar surface area (TPSA) is 594 Å². The lowest BCUT2D eigenvalue weighted by Crippen LogP contribution is -2.57. The van der Waals surface area contributed by atoms with Crippen LogP contribution in [-0.2, 0) is 80.0 Å². The summed E-state index contributed by atoms with van der Waals surface area (Å²) in [5, 5.41) is 53.5. The minimum absolute atomic E-state index is 0.000602. The van der Waals surface area contributed by atoms with Crippen LogP contribution in [0.3, 0.4) is 0 Å². The van der Waals surface area contributed by atoms with Crippen LogP contribution >= 0.6 is 0 Å². The molecule has 3 rings (SSSR count). The number of hydrogen-bond acceptors (Lipinski definition) is 19. The summed E-state index contributed by atoms with van der Waals surface area (Å²) < 4.78 is 0. The molecule has 36 heteroatoms. The zero-order chi connectivity index (χ0) is 78.0. The number of aliphatic hydroxyl groups excluding tert-OH is 1. The molecule has 0 saturated heterocycles. The van der Waals surface area contributed by atoms with E-state index in [2.05, 4.69) is 79.1 Å². The Balaban J connectivity index is 1.34. The lowest BCUT2D eigenvalue weighted by molar-refractivity contribution is -0.134. The van der Waals surface area contributed by atoms with Crippen LogP contribution in [0.4, 0.5) is 0 Å². The fraction of sp³-hybridized carbons (Fsp3) is 0.580. The third-order valence-corrected chi connectivity index (χ3v) is 16.4. The van der Waals surface area contributed by atoms with E-state index in [9.17, 15) is 77.3 Å². The molecule has 0 fully saturated rings. The van der Waals surface area contributed by atoms with E-state index in [0.29, 0.717) is 70.0 Å². The Morgan fingerprint density at radius 1 is 0.467 bits per heavy atom. The highest BCUT2D eigenvalue weighted by Crippen LogP contribution is 2.20. The first-order valence-electron chi connectivity index (χ1n) is 35.4. The molecule has 0 unspecified atom stereocenters. The number of nitrogens with zero attached hydrogens (tertiary/aromatic N) is 1. The van der Waals surface area contributed by atoms with E-state index in [1.165, 1.54) is 32.9 Å². The predicted molar refractivity (Wildman–Crippen MR) is 389 cm³/mol. The Labute approximate surface area is 610 Å². The molecule has 14 amide bonds. The predicted octanol–water partition coefficient (Wildman–Crippen LogP) is -4.28. The van der Waals surface area contributed by atoms with Gasteiger partial charge in [-0.25, -0.2) is 0 Å². The quantitative estimate of drug-likeness (QED) is 0.0144. The van der Waals surface area contributed by atoms with Crippen molar-refractivity contribution in [3.8, 4) is 5.75 Å². The Bertz CT molecular complexity index is 3380. The lowest BCUT2D eigenvalue weighted by atomic mass is 10.0. The second-order valence-electron chi connectivity index (χ2n) is 26.0. The van der Waals surface area contributed by atoms with Gasteiger partial charge in [-0.05, 0) is 146 Å². The summed E-state index contributed by atoms with van der Waals surface area (Å²) in [5.41, 5.74) is 30.5. The van der Waals surface area contributed by atoms with Crippen LogP contribution in [-0.4, -0.2) is 211 Å². The number of fused-ring (bicyclic) bond motifs is 1. The van der Waals surface area contributed by atoms with E-state index < -0.39 is 145 Å². The first-order valence-corrected chi connectivity index (χ1v) is 35.4. The number of unbranched alkanes of at least 4 members (excludes halogenated alkanes) is 4. The standard InChI is InChI=1S/C69H110N20O16/c1-40(2)33-52(67(104)84-43(5)63(100)89-54(39-90)60(72)97)86-59(96)38-81-61(98)41(3)82-62(99)42(4)83-66(103)51(20-16-32-78-69(73)74)85-58(95)37-80-57(94)23-10-14-30-76-55(92)21-9-13-29-75-56(93)22-11-15-31-77-65(102)50(19-8-12-28-70)87-68(105)53(34-44-24-26-46(91)27-25-44)88-64(101)48(71)35-45-36-79-49-18-7-6-17-47(45)49/h6-7,17-18,24-27,36,40-43,48,50-54,79,90-91H,8-16,19-23,28-35,37-39,70-71H2,1-5H3,(H2,72,97)(H,75,93)(H,76,92)(H,77,102)(H,80,94)(H,81,98)(H,82,99)(H,83,103)(H,84,104)(H,85,95)(H,86,96)(H,87,105)(H,88,101)(H,89,100)(H4,73,74,78)/t41-,42-,43-,48-,50-,51-,52-,53-,54-/m0/s1. The van der Waals surface area contributed by atoms with Gasteiger partial charge >= 0.3 is 0 Å². The number of amides is 14. The van der Waals surface area contributed by atoms with E-state index in [1.54, 1.807) is 32.2 Å². The molecule has 0 aliphatic heterocycles. The number of H-pyrrole nitrogens is 1. The number of aliphatic imine (C=N–C) groups is 1. The van der Waals surface area contributed by atoms with E-state index >= 15 is 0 Å². The van der Waals surface area contributed by atoms with Crippen molar-refractivity contribution in [3.05, 3.63) is 65.9 Å². The summed E-state index contributed by atoms with van der Waals surface area (Å²) in [4.78, 5) is 188. The van der Waals surface area contributed by atoms with Gasteiger partial charge in [-0.2, -0.15) is 0 Å². The fourth-order valence-corrected chi connectivity index (χ4v) is 10.4. The summed E-state index contributed by atoms with van der Waals surface area (Å²) in [6.07, 6.45) is 6.92. The number of aromatic nitrogens is 1. The molecule has 105 heavy (non-hydrogen) atoms. The van der Waals surface area contributed by atoms with E-state index in [1.807, 2.05) is 24.3 Å². The van der Waals surface area contributed by atoms with Gasteiger partial charge in [0.05, 0.1) is 25.7 Å². The second kappa shape index (κ2) is 48.5. The number of phenols is 1. The third kappa shape index (κ3) is 36.0. The van der Waals surface area contributed by atoms with E-state index in [0.717, 1.165) is 16.5 Å². The van der Waals surface area contributed by atoms with Crippen LogP contribution in [0, 0.1) is 5.92 Å². The highest BCUT2D eigenvalue weighted by atomic mass is 16.3. The van der Waals surface area contributed by atoms with E-state index in [4.69, 9.17) is 28.7 Å². The molecule has 0 aliphatic carbocycles. The van der Waals surface area contributed by atoms with Crippen molar-refractivity contribution < 1.29 is 77.3 Å². The number of para-hydroxylation sites is 1. The zero-order valence-corrected chi connectivity index (χ0v) is 60.6. The number of carbonyl (C=O) groups excluding carboxylic acids is 14. The van der Waals surface area contributed by atoms with Crippen LogP contribution in [0.2, 0.25) is 0 Å². The molecule has 582 valence electrons. The van der Waals surface area contributed by atoms with Crippen molar-refractivity contribution in [2.24, 2.45) is 39.6 Å². The maximum absolute atomic E-state index is 14.0. The Hall–Kier alpha value is -10.5. The van der Waals surface area contributed by atoms with Crippen molar-refractivity contribution in [1.29, 1.82) is 0 Å². The van der Waals surface area contributed by atoms with Crippen molar-refractivity contribution in [2.75, 3.05) is 52.4 Å². The molecular weight excluding hydrogens is 1360 g/mol. The first-order chi connectivity index (χ1) is 49.9. The molecule has 1 aromatic heterocycles. The number of hydrogen-bond donors (Lipinski definition) is 21. The second-order valence-corrected chi connectivity index (χ2v) is 26.0. The Morgan fingerprint density at radius 2 is 0.952 bits per heavy atom. The number of aliphatic hydroxyl groups is 1. The molecule has 1 heterocycles. The van der Waals surface area contributed by atoms with Crippen molar-refractivity contribution >= 4 is 99.6 Å². The summed E-state index contributed by atoms with van der Waals surface area (Å²) in [5.74, 6) is -9.32. The zero-order valence-electron chi connectivity index (χ0n) is 60.6. The molecular formula is C69H110N20O16. The average molecular weight is 1480 g/mol. The summed E-state index contributed by atoms with van der Waals surface area (Å²) in [7, 11) is 0. The maximum Gasteiger partial charge on any atom is 0.243 e. The number of nitrogens with one attached hydrogen (secondary N) is 14. The van der Waals surface area contributed by atoms with Crippen molar-refractivity contribution in [2.45, 2.75) is 198 Å². The third-order valence-electron chi connectivity index (χ3n) is 16.4. The van der Waals surface area contributed by atoms with E-state index in [-0.39, 0.29) is 107 Å². The Morgan fingerprint density at radius 3 is 1.52 bits per heavy atom. The minimum Gasteiger partial charge on any atom is -0.508 e. The van der Waals surface area contributed by atoms with Crippen LogP contribution < -0.4 is 97.8 Å². The van der Waals surface area contributed by atoms with Crippen molar-refractivity contribution in [3.63, 3.8) is 0 Å². The molecule has 26 N–H and O–H groups in total. The molecule has 0 bridgehead atoms. The molecule has 36 nitrogen and oxygen atoms in total. The fourth-order valence-electron chi connectivity index (χ4n) is 10.4. The number of nitrogens with two attached hydrogens (primary N) is 5. The number of carbonyl (C=O) groups is 14. The number of phenolic OH excluding ortho intramolecular Hbond substituents is 1. The number of primary amides is 1. The molecule has 0 saturated carbocycles. The van der Waals surface area contributed by atoms with Gasteiger partial charge in [0, 0.05) is 69.0 Å². The summed E-state index contributed by atoms with van der Waals surface area (Å²) >= 11 is 0. The molecule has 3 aromatic rings. The van der Waals surface area contributed by atoms with Gasteiger partial charge in [-0.1, -0.05) is 44.2 Å². The van der Waals surface area contributed by atoms with Crippen LogP contribution in [0.25, 0.3) is 10.9 Å². The molecule has 0 radical (unpaired) electrons. The van der Waals surface area contributed by atoms with Gasteiger partial charge in [-0.3, -0.25) is 72.1 Å². The van der Waals surface area contributed by atoms with Gasteiger partial charge in [0.25, 0.3) is 0 Å². The molecule has 9 atom stereocenters. The number of benzene rings is 2. The van der Waals surface area contributed by atoms with Gasteiger partial charge in [0.15, 0.2) is 5.96 Å². The minimum atomic E-state index is -1.39. The average Bonchev–Trinajstić information content (AvgIpc) is 1.72. The highest BCUT2D eigenvalue weighted by Gasteiger charge is 2.32. The number of guanidine groups is 1. The molecule has 2 aromatic carbocycles. The van der Waals surface area contributed by atoms with Gasteiger partial charge in [-0.15, -0.1) is 0 Å². The van der Waals surface area contributed by atoms with Crippen LogP contribution in [0.5, 0.6) is 5.75 Å². The Kier molecular flexibility index (Phi) is 40.9. The monoisotopic (exact) mass is 1470 g/mol. The lowest BCUT2D eigenvalue weighted by Gasteiger charge is -2.24. The summed E-state index contributed by atoms with van der Waals surface area (Å²) in [6.45, 7) is 6.90. The van der Waals surface area contributed by atoms with Crippen LogP contribution in [0.15, 0.2) is 59.7 Å². The van der Waals surface area contributed by atoms with Gasteiger partial charge in [0.2, 0.25) is 82.7 Å². The largest absolute Gasteiger partial charge is 0.508 e.